The number of hydrogen-bond acceptors (Lipinski definition) is 3. The number of aliphatic hydroxyl groups is 1. The van der Waals surface area contributed by atoms with Crippen LogP contribution in [0.3, 0.4) is 0 Å². The topological polar surface area (TPSA) is 36.6 Å². The van der Waals surface area contributed by atoms with Gasteiger partial charge in [-0.05, 0) is 26.3 Å². The number of aliphatic hydroxyl groups excluding tert-OH is 1. The van der Waals surface area contributed by atoms with Crippen LogP contribution >= 0.6 is 0 Å². The molecule has 0 spiro atoms. The summed E-state index contributed by atoms with van der Waals surface area (Å²) in [6, 6.07) is 1.75. The summed E-state index contributed by atoms with van der Waals surface area (Å²) >= 11 is 0. The fourth-order valence-electron chi connectivity index (χ4n) is 1.84. The molecule has 0 saturated heterocycles. The van der Waals surface area contributed by atoms with Crippen LogP contribution in [0.25, 0.3) is 0 Å². The Bertz CT molecular complexity index is 374. The lowest BCUT2D eigenvalue weighted by atomic mass is 10.2. The molecule has 0 atom stereocenters. The largest absolute Gasteiger partial charge is 0.466 e. The van der Waals surface area contributed by atoms with Crippen LogP contribution in [0.15, 0.2) is 10.5 Å². The lowest BCUT2D eigenvalue weighted by molar-refractivity contribution is -0.147. The van der Waals surface area contributed by atoms with E-state index in [-0.39, 0.29) is 19.7 Å². The van der Waals surface area contributed by atoms with Crippen LogP contribution in [-0.2, 0) is 6.54 Å². The third-order valence-corrected chi connectivity index (χ3v) is 2.57. The van der Waals surface area contributed by atoms with E-state index in [0.717, 1.165) is 5.56 Å². The molecular formula is C12H18F3NO2. The van der Waals surface area contributed by atoms with Crippen LogP contribution in [-0.4, -0.2) is 35.9 Å². The second-order valence-corrected chi connectivity index (χ2v) is 4.34. The van der Waals surface area contributed by atoms with Gasteiger partial charge in [0.2, 0.25) is 0 Å². The minimum absolute atomic E-state index is 0.113. The monoisotopic (exact) mass is 265 g/mol. The number of nitrogens with zero attached hydrogens (tertiary/aromatic N) is 1. The van der Waals surface area contributed by atoms with Crippen molar-refractivity contribution in [1.29, 1.82) is 0 Å². The molecule has 0 amide bonds. The zero-order valence-corrected chi connectivity index (χ0v) is 10.5. The summed E-state index contributed by atoms with van der Waals surface area (Å²) in [6.45, 7) is 2.80. The van der Waals surface area contributed by atoms with Gasteiger partial charge in [-0.25, -0.2) is 0 Å². The summed E-state index contributed by atoms with van der Waals surface area (Å²) < 4.78 is 42.5. The fraction of sp³-hybridized carbons (Fsp3) is 0.667. The van der Waals surface area contributed by atoms with E-state index in [1.807, 2.05) is 0 Å². The summed E-state index contributed by atoms with van der Waals surface area (Å²) in [7, 11) is 0. The van der Waals surface area contributed by atoms with Gasteiger partial charge in [0.05, 0.1) is 6.54 Å². The van der Waals surface area contributed by atoms with Gasteiger partial charge in [-0.1, -0.05) is 0 Å². The molecule has 18 heavy (non-hydrogen) atoms. The number of rotatable bonds is 6. The SMILES string of the molecule is Cc1cc(CN(CCCO)CC(F)(F)F)c(C)o1. The maximum atomic E-state index is 12.4. The van der Waals surface area contributed by atoms with Gasteiger partial charge in [-0.3, -0.25) is 4.90 Å². The Hall–Kier alpha value is -1.01. The molecule has 0 aliphatic rings. The maximum absolute atomic E-state index is 12.4. The van der Waals surface area contributed by atoms with Gasteiger partial charge < -0.3 is 9.52 Å². The Morgan fingerprint density at radius 1 is 1.33 bits per heavy atom. The molecule has 0 aromatic carbocycles. The minimum atomic E-state index is -4.23. The Labute approximate surface area is 104 Å². The first-order chi connectivity index (χ1) is 8.31. The fourth-order valence-corrected chi connectivity index (χ4v) is 1.84. The number of aryl methyl sites for hydroxylation is 2. The smallest absolute Gasteiger partial charge is 0.401 e. The minimum Gasteiger partial charge on any atom is -0.466 e. The van der Waals surface area contributed by atoms with E-state index < -0.39 is 12.7 Å². The summed E-state index contributed by atoms with van der Waals surface area (Å²) in [5, 5.41) is 8.71. The third-order valence-electron chi connectivity index (χ3n) is 2.57. The zero-order chi connectivity index (χ0) is 13.8. The molecule has 0 aliphatic carbocycles. The van der Waals surface area contributed by atoms with Crippen molar-refractivity contribution in [2.24, 2.45) is 0 Å². The molecule has 0 bridgehead atoms. The second-order valence-electron chi connectivity index (χ2n) is 4.34. The predicted molar refractivity (Wildman–Crippen MR) is 61.2 cm³/mol. The third kappa shape index (κ3) is 5.10. The lowest BCUT2D eigenvalue weighted by Crippen LogP contribution is -2.34. The predicted octanol–water partition coefficient (Wildman–Crippen LogP) is 2.64. The highest BCUT2D eigenvalue weighted by atomic mass is 19.4. The van der Waals surface area contributed by atoms with E-state index >= 15 is 0 Å². The van der Waals surface area contributed by atoms with Crippen molar-refractivity contribution in [3.05, 3.63) is 23.2 Å². The molecule has 0 radical (unpaired) electrons. The quantitative estimate of drug-likeness (QED) is 0.859. The van der Waals surface area contributed by atoms with Gasteiger partial charge in [0, 0.05) is 25.3 Å². The first-order valence-electron chi connectivity index (χ1n) is 5.77. The Balaban J connectivity index is 2.68. The zero-order valence-electron chi connectivity index (χ0n) is 10.5. The Morgan fingerprint density at radius 2 is 2.00 bits per heavy atom. The van der Waals surface area contributed by atoms with E-state index in [0.29, 0.717) is 17.9 Å². The van der Waals surface area contributed by atoms with Crippen molar-refractivity contribution in [3.63, 3.8) is 0 Å². The van der Waals surface area contributed by atoms with Crippen molar-refractivity contribution in [1.82, 2.24) is 4.90 Å². The van der Waals surface area contributed by atoms with Gasteiger partial charge >= 0.3 is 6.18 Å². The van der Waals surface area contributed by atoms with Crippen molar-refractivity contribution in [3.8, 4) is 0 Å². The first kappa shape index (κ1) is 15.0. The molecule has 1 aromatic rings. The summed E-state index contributed by atoms with van der Waals surface area (Å²) in [5.41, 5.74) is 0.759. The summed E-state index contributed by atoms with van der Waals surface area (Å²) in [5.74, 6) is 1.33. The van der Waals surface area contributed by atoms with Gasteiger partial charge in [-0.2, -0.15) is 13.2 Å². The molecule has 3 nitrogen and oxygen atoms in total. The second kappa shape index (κ2) is 6.24. The molecule has 1 heterocycles. The highest BCUT2D eigenvalue weighted by Crippen LogP contribution is 2.21. The van der Waals surface area contributed by atoms with E-state index in [1.165, 1.54) is 4.90 Å². The van der Waals surface area contributed by atoms with Gasteiger partial charge in [0.1, 0.15) is 11.5 Å². The molecular weight excluding hydrogens is 247 g/mol. The molecule has 0 unspecified atom stereocenters. The molecule has 6 heteroatoms. The molecule has 1 aromatic heterocycles. The van der Waals surface area contributed by atoms with Crippen LogP contribution in [0, 0.1) is 13.8 Å². The average Bonchev–Trinajstić information content (AvgIpc) is 2.52. The molecule has 0 aliphatic heterocycles. The van der Waals surface area contributed by atoms with Gasteiger partial charge in [-0.15, -0.1) is 0 Å². The molecule has 1 rings (SSSR count). The van der Waals surface area contributed by atoms with Crippen molar-refractivity contribution >= 4 is 0 Å². The van der Waals surface area contributed by atoms with E-state index in [2.05, 4.69) is 0 Å². The molecule has 0 fully saturated rings. The van der Waals surface area contributed by atoms with E-state index in [1.54, 1.807) is 19.9 Å². The highest BCUT2D eigenvalue weighted by Gasteiger charge is 2.30. The van der Waals surface area contributed by atoms with Crippen LogP contribution in [0.4, 0.5) is 13.2 Å². The Kier molecular flexibility index (Phi) is 5.22. The standard InChI is InChI=1S/C12H18F3NO2/c1-9-6-11(10(2)18-9)7-16(4-3-5-17)8-12(13,14)15/h6,17H,3-5,7-8H2,1-2H3. The molecule has 104 valence electrons. The summed E-state index contributed by atoms with van der Waals surface area (Å²) in [6.07, 6.45) is -3.91. The normalized spacial score (nSPS) is 12.4. The molecule has 0 saturated carbocycles. The Morgan fingerprint density at radius 3 is 2.44 bits per heavy atom. The number of alkyl halides is 3. The van der Waals surface area contributed by atoms with Crippen molar-refractivity contribution in [2.45, 2.75) is 33.0 Å². The van der Waals surface area contributed by atoms with Crippen LogP contribution in [0.2, 0.25) is 0 Å². The van der Waals surface area contributed by atoms with Crippen molar-refractivity contribution < 1.29 is 22.7 Å². The number of halogens is 3. The number of hydrogen-bond donors (Lipinski definition) is 1. The van der Waals surface area contributed by atoms with Gasteiger partial charge in [0.15, 0.2) is 0 Å². The van der Waals surface area contributed by atoms with Gasteiger partial charge in [0.25, 0.3) is 0 Å². The molecule has 1 N–H and O–H groups in total. The lowest BCUT2D eigenvalue weighted by Gasteiger charge is -2.22. The first-order valence-corrected chi connectivity index (χ1v) is 5.77. The average molecular weight is 265 g/mol. The van der Waals surface area contributed by atoms with Crippen LogP contribution in [0.5, 0.6) is 0 Å². The van der Waals surface area contributed by atoms with Crippen LogP contribution in [0.1, 0.15) is 23.5 Å². The van der Waals surface area contributed by atoms with Crippen molar-refractivity contribution in [2.75, 3.05) is 19.7 Å². The van der Waals surface area contributed by atoms with E-state index in [4.69, 9.17) is 9.52 Å². The number of furan rings is 1. The van der Waals surface area contributed by atoms with E-state index in [9.17, 15) is 13.2 Å². The van der Waals surface area contributed by atoms with Crippen LogP contribution < -0.4 is 0 Å². The summed E-state index contributed by atoms with van der Waals surface area (Å²) in [4.78, 5) is 1.27. The maximum Gasteiger partial charge on any atom is 0.401 e. The highest BCUT2D eigenvalue weighted by molar-refractivity contribution is 5.19.